The fraction of sp³-hybridized carbons (Fsp3) is 0.417. The van der Waals surface area contributed by atoms with Gasteiger partial charge in [-0.25, -0.2) is 0 Å². The van der Waals surface area contributed by atoms with Crippen LogP contribution < -0.4 is 5.32 Å². The van der Waals surface area contributed by atoms with Crippen molar-refractivity contribution in [2.75, 3.05) is 5.32 Å². The number of hydrogen-bond acceptors (Lipinski definition) is 1. The number of rotatable bonds is 1. The minimum absolute atomic E-state index is 0.225. The lowest BCUT2D eigenvalue weighted by molar-refractivity contribution is -0.117. The Kier molecular flexibility index (Phi) is 1.49. The molecule has 1 aromatic carbocycles. The molecule has 1 saturated carbocycles. The topological polar surface area (TPSA) is 29.1 Å². The number of nitrogens with one attached hydrogen (secondary N) is 1. The average molecular weight is 187 g/mol. The summed E-state index contributed by atoms with van der Waals surface area (Å²) in [4.78, 5) is 11.6. The van der Waals surface area contributed by atoms with E-state index >= 15 is 0 Å². The summed E-state index contributed by atoms with van der Waals surface area (Å²) in [6.07, 6.45) is 2.03. The second-order valence-corrected chi connectivity index (χ2v) is 4.17. The van der Waals surface area contributed by atoms with Gasteiger partial charge >= 0.3 is 0 Å². The van der Waals surface area contributed by atoms with Crippen molar-refractivity contribution >= 4 is 11.6 Å². The smallest absolute Gasteiger partial charge is 0.228 e. The highest BCUT2D eigenvalue weighted by molar-refractivity contribution is 6.00. The average Bonchev–Trinajstić information content (AvgIpc) is 2.97. The summed E-state index contributed by atoms with van der Waals surface area (Å²) in [6, 6.07) is 6.35. The highest BCUT2D eigenvalue weighted by Gasteiger charge is 2.48. The van der Waals surface area contributed by atoms with Crippen LogP contribution in [-0.4, -0.2) is 5.91 Å². The molecule has 1 aliphatic carbocycles. The quantitative estimate of drug-likeness (QED) is 0.718. The van der Waals surface area contributed by atoms with Crippen molar-refractivity contribution in [2.45, 2.75) is 25.7 Å². The molecule has 3 rings (SSSR count). The SMILES string of the molecule is CCc1cccc2c1NC(=O)C1CC21. The minimum atomic E-state index is 0.225. The molecule has 72 valence electrons. The number of fused-ring (bicyclic) bond motifs is 3. The fourth-order valence-electron chi connectivity index (χ4n) is 2.42. The Hall–Kier alpha value is -1.31. The molecule has 0 saturated heterocycles. The first-order valence-corrected chi connectivity index (χ1v) is 5.24. The summed E-state index contributed by atoms with van der Waals surface area (Å²) < 4.78 is 0. The van der Waals surface area contributed by atoms with Crippen LogP contribution in [0.5, 0.6) is 0 Å². The highest BCUT2D eigenvalue weighted by Crippen LogP contribution is 2.53. The van der Waals surface area contributed by atoms with Gasteiger partial charge in [0, 0.05) is 11.6 Å². The van der Waals surface area contributed by atoms with Crippen LogP contribution in [0.1, 0.15) is 30.4 Å². The van der Waals surface area contributed by atoms with Gasteiger partial charge in [-0.1, -0.05) is 25.1 Å². The second-order valence-electron chi connectivity index (χ2n) is 4.17. The van der Waals surface area contributed by atoms with Gasteiger partial charge in [0.15, 0.2) is 0 Å². The van der Waals surface area contributed by atoms with Crippen molar-refractivity contribution in [3.05, 3.63) is 29.3 Å². The van der Waals surface area contributed by atoms with E-state index in [9.17, 15) is 4.79 Å². The minimum Gasteiger partial charge on any atom is -0.325 e. The third kappa shape index (κ3) is 0.939. The molecule has 2 heteroatoms. The maximum atomic E-state index is 11.6. The van der Waals surface area contributed by atoms with Crippen LogP contribution >= 0.6 is 0 Å². The van der Waals surface area contributed by atoms with E-state index < -0.39 is 0 Å². The summed E-state index contributed by atoms with van der Waals surface area (Å²) >= 11 is 0. The largest absolute Gasteiger partial charge is 0.325 e. The Morgan fingerprint density at radius 1 is 1.43 bits per heavy atom. The molecule has 1 aromatic rings. The second kappa shape index (κ2) is 2.59. The number of amides is 1. The Morgan fingerprint density at radius 3 is 3.07 bits per heavy atom. The van der Waals surface area contributed by atoms with Gasteiger partial charge in [0.2, 0.25) is 5.91 Å². The van der Waals surface area contributed by atoms with Gasteiger partial charge in [-0.2, -0.15) is 0 Å². The van der Waals surface area contributed by atoms with Gasteiger partial charge in [-0.05, 0) is 29.9 Å². The van der Waals surface area contributed by atoms with Crippen LogP contribution in [0.4, 0.5) is 5.69 Å². The van der Waals surface area contributed by atoms with E-state index in [0.29, 0.717) is 5.92 Å². The van der Waals surface area contributed by atoms with E-state index in [-0.39, 0.29) is 11.8 Å². The molecule has 0 aromatic heterocycles. The molecule has 1 heterocycles. The molecule has 1 N–H and O–H groups in total. The van der Waals surface area contributed by atoms with Crippen molar-refractivity contribution in [1.29, 1.82) is 0 Å². The van der Waals surface area contributed by atoms with Crippen LogP contribution in [0.15, 0.2) is 18.2 Å². The van der Waals surface area contributed by atoms with Crippen molar-refractivity contribution in [3.63, 3.8) is 0 Å². The standard InChI is InChI=1S/C12H13NO/c1-2-7-4-3-5-8-9-6-10(9)12(14)13-11(7)8/h3-5,9-10H,2,6H2,1H3,(H,13,14). The zero-order valence-electron chi connectivity index (χ0n) is 8.21. The summed E-state index contributed by atoms with van der Waals surface area (Å²) in [6.45, 7) is 2.13. The number of benzene rings is 1. The Morgan fingerprint density at radius 2 is 2.29 bits per heavy atom. The Balaban J connectivity index is 2.15. The highest BCUT2D eigenvalue weighted by atomic mass is 16.2. The lowest BCUT2D eigenvalue weighted by Gasteiger charge is -2.19. The number of hydrogen-bond donors (Lipinski definition) is 1. The Bertz CT molecular complexity index is 411. The Labute approximate surface area is 83.3 Å². The van der Waals surface area contributed by atoms with Crippen molar-refractivity contribution < 1.29 is 4.79 Å². The van der Waals surface area contributed by atoms with Crippen LogP contribution in [0.2, 0.25) is 0 Å². The summed E-state index contributed by atoms with van der Waals surface area (Å²) in [5, 5.41) is 3.03. The van der Waals surface area contributed by atoms with Crippen molar-refractivity contribution in [1.82, 2.24) is 0 Å². The monoisotopic (exact) mass is 187 g/mol. The first-order chi connectivity index (χ1) is 6.81. The molecular formula is C12H13NO. The van der Waals surface area contributed by atoms with Gasteiger partial charge < -0.3 is 5.32 Å². The normalized spacial score (nSPS) is 27.6. The molecule has 0 spiro atoms. The van der Waals surface area contributed by atoms with Crippen LogP contribution in [0.3, 0.4) is 0 Å². The molecule has 1 aliphatic heterocycles. The zero-order chi connectivity index (χ0) is 9.71. The number of para-hydroxylation sites is 1. The first kappa shape index (κ1) is 8.04. The molecule has 14 heavy (non-hydrogen) atoms. The van der Waals surface area contributed by atoms with E-state index in [4.69, 9.17) is 0 Å². The lowest BCUT2D eigenvalue weighted by Crippen LogP contribution is -2.20. The molecule has 2 atom stereocenters. The maximum Gasteiger partial charge on any atom is 0.228 e. The molecular weight excluding hydrogens is 174 g/mol. The van der Waals surface area contributed by atoms with Gasteiger partial charge in [0.25, 0.3) is 0 Å². The van der Waals surface area contributed by atoms with Crippen LogP contribution in [-0.2, 0) is 11.2 Å². The number of carbonyl (C=O) groups is 1. The van der Waals surface area contributed by atoms with E-state index in [0.717, 1.165) is 18.5 Å². The molecule has 0 radical (unpaired) electrons. The number of anilines is 1. The fourth-order valence-corrected chi connectivity index (χ4v) is 2.42. The predicted octanol–water partition coefficient (Wildman–Crippen LogP) is 2.30. The summed E-state index contributed by atoms with van der Waals surface area (Å²) in [7, 11) is 0. The molecule has 2 aliphatic rings. The molecule has 2 nitrogen and oxygen atoms in total. The predicted molar refractivity (Wildman–Crippen MR) is 55.3 cm³/mol. The van der Waals surface area contributed by atoms with Gasteiger partial charge in [-0.15, -0.1) is 0 Å². The van der Waals surface area contributed by atoms with Crippen LogP contribution in [0.25, 0.3) is 0 Å². The molecule has 2 unspecified atom stereocenters. The number of carbonyl (C=O) groups excluding carboxylic acids is 1. The third-order valence-corrected chi connectivity index (χ3v) is 3.34. The van der Waals surface area contributed by atoms with Crippen LogP contribution in [0, 0.1) is 5.92 Å². The molecule has 1 fully saturated rings. The zero-order valence-corrected chi connectivity index (χ0v) is 8.21. The van der Waals surface area contributed by atoms with Crippen molar-refractivity contribution in [3.8, 4) is 0 Å². The van der Waals surface area contributed by atoms with Crippen molar-refractivity contribution in [2.24, 2.45) is 5.92 Å². The molecule has 1 amide bonds. The van der Waals surface area contributed by atoms with E-state index in [1.54, 1.807) is 0 Å². The molecule has 0 bridgehead atoms. The first-order valence-electron chi connectivity index (χ1n) is 5.24. The van der Waals surface area contributed by atoms with E-state index in [1.807, 2.05) is 0 Å². The third-order valence-electron chi connectivity index (χ3n) is 3.34. The van der Waals surface area contributed by atoms with E-state index in [2.05, 4.69) is 30.4 Å². The maximum absolute atomic E-state index is 11.6. The van der Waals surface area contributed by atoms with Gasteiger partial charge in [0.05, 0.1) is 0 Å². The summed E-state index contributed by atoms with van der Waals surface area (Å²) in [5.41, 5.74) is 3.72. The van der Waals surface area contributed by atoms with Gasteiger partial charge in [-0.3, -0.25) is 4.79 Å². The number of aryl methyl sites for hydroxylation is 1. The lowest BCUT2D eigenvalue weighted by atomic mass is 9.98. The van der Waals surface area contributed by atoms with E-state index in [1.165, 1.54) is 11.1 Å². The van der Waals surface area contributed by atoms with Gasteiger partial charge in [0.1, 0.15) is 0 Å². The summed E-state index contributed by atoms with van der Waals surface area (Å²) in [5.74, 6) is 1.02.